The van der Waals surface area contributed by atoms with Crippen molar-refractivity contribution < 1.29 is 0 Å². The van der Waals surface area contributed by atoms with Crippen LogP contribution >= 0.6 is 11.6 Å². The van der Waals surface area contributed by atoms with Gasteiger partial charge < -0.3 is 5.32 Å². The summed E-state index contributed by atoms with van der Waals surface area (Å²) in [5.74, 6) is 0. The maximum Gasteiger partial charge on any atom is 0.0577 e. The maximum atomic E-state index is 6.25. The number of halogens is 1. The van der Waals surface area contributed by atoms with E-state index in [1.807, 2.05) is 19.1 Å². The molecule has 106 valence electrons. The highest BCUT2D eigenvalue weighted by atomic mass is 35.5. The molecule has 0 aromatic heterocycles. The van der Waals surface area contributed by atoms with Crippen LogP contribution in [0, 0.1) is 0 Å². The molecule has 0 amide bonds. The Bertz CT molecular complexity index is 744. The molecule has 0 saturated carbocycles. The van der Waals surface area contributed by atoms with Gasteiger partial charge in [-0.2, -0.15) is 0 Å². The van der Waals surface area contributed by atoms with Gasteiger partial charge in [-0.3, -0.25) is 0 Å². The Labute approximate surface area is 130 Å². The topological polar surface area (TPSA) is 12.0 Å². The van der Waals surface area contributed by atoms with Crippen LogP contribution in [0.2, 0.25) is 0 Å². The molecule has 0 fully saturated rings. The van der Waals surface area contributed by atoms with Gasteiger partial charge in [0.05, 0.1) is 5.38 Å². The van der Waals surface area contributed by atoms with E-state index in [1.54, 1.807) is 0 Å². The number of rotatable bonds is 4. The van der Waals surface area contributed by atoms with E-state index in [1.165, 1.54) is 16.3 Å². The van der Waals surface area contributed by atoms with Crippen LogP contribution in [0.5, 0.6) is 0 Å². The molecule has 1 unspecified atom stereocenters. The number of benzene rings is 3. The van der Waals surface area contributed by atoms with Crippen LogP contribution in [0.1, 0.15) is 23.4 Å². The van der Waals surface area contributed by atoms with Crippen molar-refractivity contribution in [3.63, 3.8) is 0 Å². The number of hydrogen-bond donors (Lipinski definition) is 1. The van der Waals surface area contributed by atoms with Crippen molar-refractivity contribution in [1.82, 2.24) is 0 Å². The summed E-state index contributed by atoms with van der Waals surface area (Å²) in [6.07, 6.45) is 0. The minimum atomic E-state index is 0.00113. The van der Waals surface area contributed by atoms with Crippen LogP contribution < -0.4 is 5.32 Å². The Balaban J connectivity index is 1.87. The van der Waals surface area contributed by atoms with Crippen LogP contribution in [0.15, 0.2) is 66.7 Å². The summed E-state index contributed by atoms with van der Waals surface area (Å²) in [5.41, 5.74) is 3.54. The smallest absolute Gasteiger partial charge is 0.0577 e. The molecule has 0 aliphatic heterocycles. The second-order valence-corrected chi connectivity index (χ2v) is 5.85. The van der Waals surface area contributed by atoms with E-state index in [0.717, 1.165) is 17.8 Å². The molecule has 0 aliphatic rings. The molecule has 0 radical (unpaired) electrons. The number of nitrogens with one attached hydrogen (secondary N) is 1. The highest BCUT2D eigenvalue weighted by Crippen LogP contribution is 2.28. The van der Waals surface area contributed by atoms with Crippen LogP contribution in [-0.4, -0.2) is 0 Å². The fourth-order valence-electron chi connectivity index (χ4n) is 2.64. The number of para-hydroxylation sites is 1. The SMILES string of the molecule is CC(Cl)c1ccccc1NCc1cccc2ccccc12. The standard InChI is InChI=1S/C19H18ClN/c1-14(20)17-10-4-5-12-19(17)21-13-16-9-6-8-15-7-2-3-11-18(15)16/h2-12,14,21H,13H2,1H3. The molecule has 0 bridgehead atoms. The van der Waals surface area contributed by atoms with Gasteiger partial charge in [0.15, 0.2) is 0 Å². The number of fused-ring (bicyclic) bond motifs is 1. The summed E-state index contributed by atoms with van der Waals surface area (Å²) >= 11 is 6.25. The summed E-state index contributed by atoms with van der Waals surface area (Å²) in [4.78, 5) is 0. The Morgan fingerprint density at radius 1 is 0.905 bits per heavy atom. The molecule has 1 atom stereocenters. The average molecular weight is 296 g/mol. The molecule has 21 heavy (non-hydrogen) atoms. The third kappa shape index (κ3) is 3.03. The van der Waals surface area contributed by atoms with Crippen molar-refractivity contribution >= 4 is 28.1 Å². The van der Waals surface area contributed by atoms with Gasteiger partial charge in [0.2, 0.25) is 0 Å². The predicted molar refractivity (Wildman–Crippen MR) is 92.0 cm³/mol. The molecule has 2 heteroatoms. The molecular weight excluding hydrogens is 278 g/mol. The minimum absolute atomic E-state index is 0.00113. The number of anilines is 1. The van der Waals surface area contributed by atoms with Gasteiger partial charge >= 0.3 is 0 Å². The summed E-state index contributed by atoms with van der Waals surface area (Å²) in [5, 5.41) is 6.09. The maximum absolute atomic E-state index is 6.25. The first kappa shape index (κ1) is 14.0. The Hall–Kier alpha value is -1.99. The second kappa shape index (κ2) is 6.19. The highest BCUT2D eigenvalue weighted by molar-refractivity contribution is 6.21. The molecule has 0 heterocycles. The van der Waals surface area contributed by atoms with E-state index in [9.17, 15) is 0 Å². The molecular formula is C19H18ClN. The first-order valence-electron chi connectivity index (χ1n) is 7.19. The third-order valence-electron chi connectivity index (χ3n) is 3.74. The van der Waals surface area contributed by atoms with Crippen LogP contribution in [0.4, 0.5) is 5.69 Å². The highest BCUT2D eigenvalue weighted by Gasteiger charge is 2.07. The third-order valence-corrected chi connectivity index (χ3v) is 3.97. The fourth-order valence-corrected chi connectivity index (χ4v) is 2.83. The molecule has 3 rings (SSSR count). The van der Waals surface area contributed by atoms with Crippen LogP contribution in [0.25, 0.3) is 10.8 Å². The molecule has 0 spiro atoms. The zero-order valence-corrected chi connectivity index (χ0v) is 12.8. The van der Waals surface area contributed by atoms with Gasteiger partial charge in [0, 0.05) is 12.2 Å². The molecule has 0 aliphatic carbocycles. The van der Waals surface area contributed by atoms with Gasteiger partial charge in [-0.15, -0.1) is 11.6 Å². The van der Waals surface area contributed by atoms with Gasteiger partial charge in [0.1, 0.15) is 0 Å². The summed E-state index contributed by atoms with van der Waals surface area (Å²) in [6.45, 7) is 2.79. The summed E-state index contributed by atoms with van der Waals surface area (Å²) in [7, 11) is 0. The summed E-state index contributed by atoms with van der Waals surface area (Å²) in [6, 6.07) is 23.1. The monoisotopic (exact) mass is 295 g/mol. The molecule has 1 nitrogen and oxygen atoms in total. The molecule has 3 aromatic carbocycles. The van der Waals surface area contributed by atoms with Gasteiger partial charge in [-0.1, -0.05) is 60.7 Å². The number of alkyl halides is 1. The van der Waals surface area contributed by atoms with E-state index in [-0.39, 0.29) is 5.38 Å². The van der Waals surface area contributed by atoms with Crippen molar-refractivity contribution in [2.45, 2.75) is 18.8 Å². The van der Waals surface area contributed by atoms with Crippen molar-refractivity contribution in [3.8, 4) is 0 Å². The first-order valence-corrected chi connectivity index (χ1v) is 7.63. The van der Waals surface area contributed by atoms with Crippen molar-refractivity contribution in [2.75, 3.05) is 5.32 Å². The lowest BCUT2D eigenvalue weighted by molar-refractivity contribution is 1.06. The summed E-state index contributed by atoms with van der Waals surface area (Å²) < 4.78 is 0. The van der Waals surface area contributed by atoms with E-state index >= 15 is 0 Å². The van der Waals surface area contributed by atoms with Crippen molar-refractivity contribution in [2.24, 2.45) is 0 Å². The molecule has 3 aromatic rings. The minimum Gasteiger partial charge on any atom is -0.381 e. The lowest BCUT2D eigenvalue weighted by atomic mass is 10.0. The zero-order valence-electron chi connectivity index (χ0n) is 12.0. The Morgan fingerprint density at radius 2 is 1.62 bits per heavy atom. The van der Waals surface area contributed by atoms with Gasteiger partial charge in [0.25, 0.3) is 0 Å². The van der Waals surface area contributed by atoms with Crippen LogP contribution in [-0.2, 0) is 6.54 Å². The van der Waals surface area contributed by atoms with Crippen LogP contribution in [0.3, 0.4) is 0 Å². The van der Waals surface area contributed by atoms with E-state index < -0.39 is 0 Å². The lowest BCUT2D eigenvalue weighted by Crippen LogP contribution is -2.03. The second-order valence-electron chi connectivity index (χ2n) is 5.20. The predicted octanol–water partition coefficient (Wildman–Crippen LogP) is 5.75. The fraction of sp³-hybridized carbons (Fsp3) is 0.158. The van der Waals surface area contributed by atoms with Crippen molar-refractivity contribution in [3.05, 3.63) is 77.9 Å². The normalized spacial score (nSPS) is 12.3. The number of hydrogen-bond acceptors (Lipinski definition) is 1. The first-order chi connectivity index (χ1) is 10.3. The largest absolute Gasteiger partial charge is 0.381 e. The van der Waals surface area contributed by atoms with Gasteiger partial charge in [-0.25, -0.2) is 0 Å². The lowest BCUT2D eigenvalue weighted by Gasteiger charge is -2.14. The average Bonchev–Trinajstić information content (AvgIpc) is 2.53. The molecule has 1 N–H and O–H groups in total. The van der Waals surface area contributed by atoms with E-state index in [4.69, 9.17) is 11.6 Å². The molecule has 0 saturated heterocycles. The zero-order chi connectivity index (χ0) is 14.7. The quantitative estimate of drug-likeness (QED) is 0.604. The Morgan fingerprint density at radius 3 is 2.48 bits per heavy atom. The van der Waals surface area contributed by atoms with E-state index in [2.05, 4.69) is 59.9 Å². The van der Waals surface area contributed by atoms with Crippen molar-refractivity contribution in [1.29, 1.82) is 0 Å². The van der Waals surface area contributed by atoms with Gasteiger partial charge in [-0.05, 0) is 34.9 Å². The Kier molecular flexibility index (Phi) is 4.12. The van der Waals surface area contributed by atoms with E-state index in [0.29, 0.717) is 0 Å².